The molecule has 4 nitrogen and oxygen atoms in total. The van der Waals surface area contributed by atoms with Crippen LogP contribution in [0.3, 0.4) is 0 Å². The highest BCUT2D eigenvalue weighted by atomic mass is 16.5. The van der Waals surface area contributed by atoms with Crippen LogP contribution in [0.5, 0.6) is 0 Å². The Hall–Kier alpha value is -1.39. The maximum Gasteiger partial charge on any atom is 0.237 e. The summed E-state index contributed by atoms with van der Waals surface area (Å²) in [6.45, 7) is 10.5. The summed E-state index contributed by atoms with van der Waals surface area (Å²) in [5.74, 6) is 0.420. The molecule has 1 N–H and O–H groups in total. The van der Waals surface area contributed by atoms with Crippen molar-refractivity contribution in [1.29, 1.82) is 0 Å². The molecule has 1 fully saturated rings. The Balaban J connectivity index is 1.84. The second-order valence-corrected chi connectivity index (χ2v) is 6.44. The number of nitrogens with one attached hydrogen (secondary N) is 1. The zero-order valence-corrected chi connectivity index (χ0v) is 14.1. The predicted molar refractivity (Wildman–Crippen MR) is 88.9 cm³/mol. The van der Waals surface area contributed by atoms with E-state index < -0.39 is 0 Å². The molecule has 4 atom stereocenters. The van der Waals surface area contributed by atoms with Gasteiger partial charge in [0.05, 0.1) is 18.2 Å². The monoisotopic (exact) mass is 304 g/mol. The minimum absolute atomic E-state index is 0.101. The number of carbonyl (C=O) groups excluding carboxylic acids is 1. The summed E-state index contributed by atoms with van der Waals surface area (Å²) in [6, 6.07) is 10.2. The Morgan fingerprint density at radius 1 is 1.23 bits per heavy atom. The zero-order chi connectivity index (χ0) is 16.1. The number of ether oxygens (including phenoxy) is 1. The molecule has 1 amide bonds. The SMILES string of the molecule is CC1CN(C(C)C(=O)NCC(C)c2ccccc2)CC(C)O1. The van der Waals surface area contributed by atoms with Crippen molar-refractivity contribution in [3.05, 3.63) is 35.9 Å². The molecule has 1 aliphatic heterocycles. The first-order valence-electron chi connectivity index (χ1n) is 8.19. The lowest BCUT2D eigenvalue weighted by Crippen LogP contribution is -2.54. The third-order valence-corrected chi connectivity index (χ3v) is 4.33. The molecule has 22 heavy (non-hydrogen) atoms. The average molecular weight is 304 g/mol. The number of hydrogen-bond acceptors (Lipinski definition) is 3. The van der Waals surface area contributed by atoms with E-state index in [1.165, 1.54) is 5.56 Å². The fraction of sp³-hybridized carbons (Fsp3) is 0.611. The van der Waals surface area contributed by atoms with Gasteiger partial charge in [-0.05, 0) is 32.3 Å². The van der Waals surface area contributed by atoms with Crippen LogP contribution in [0.1, 0.15) is 39.2 Å². The van der Waals surface area contributed by atoms with Crippen molar-refractivity contribution < 1.29 is 9.53 Å². The van der Waals surface area contributed by atoms with Gasteiger partial charge in [-0.3, -0.25) is 9.69 Å². The number of carbonyl (C=O) groups is 1. The lowest BCUT2D eigenvalue weighted by molar-refractivity contribution is -0.131. The number of amides is 1. The third kappa shape index (κ3) is 4.55. The van der Waals surface area contributed by atoms with Crippen molar-refractivity contribution in [2.75, 3.05) is 19.6 Å². The van der Waals surface area contributed by atoms with Gasteiger partial charge in [-0.15, -0.1) is 0 Å². The van der Waals surface area contributed by atoms with E-state index in [1.807, 2.05) is 25.1 Å². The number of nitrogens with zero attached hydrogens (tertiary/aromatic N) is 1. The Labute approximate surface area is 133 Å². The van der Waals surface area contributed by atoms with E-state index in [0.717, 1.165) is 13.1 Å². The van der Waals surface area contributed by atoms with Crippen LogP contribution < -0.4 is 5.32 Å². The molecular formula is C18H28N2O2. The van der Waals surface area contributed by atoms with Gasteiger partial charge >= 0.3 is 0 Å². The molecule has 2 rings (SSSR count). The molecule has 0 aliphatic carbocycles. The lowest BCUT2D eigenvalue weighted by Gasteiger charge is -2.38. The van der Waals surface area contributed by atoms with E-state index in [0.29, 0.717) is 12.5 Å². The van der Waals surface area contributed by atoms with Crippen molar-refractivity contribution >= 4 is 5.91 Å². The summed E-state index contributed by atoms with van der Waals surface area (Å²) < 4.78 is 5.73. The fourth-order valence-corrected chi connectivity index (χ4v) is 3.00. The first kappa shape index (κ1) is 17.0. The molecule has 0 saturated carbocycles. The zero-order valence-electron chi connectivity index (χ0n) is 14.1. The molecule has 0 spiro atoms. The average Bonchev–Trinajstić information content (AvgIpc) is 2.51. The number of benzene rings is 1. The van der Waals surface area contributed by atoms with Gasteiger partial charge in [-0.2, -0.15) is 0 Å². The van der Waals surface area contributed by atoms with Crippen LogP contribution in [0.2, 0.25) is 0 Å². The maximum absolute atomic E-state index is 12.4. The second kappa shape index (κ2) is 7.75. The van der Waals surface area contributed by atoms with Crippen molar-refractivity contribution in [3.63, 3.8) is 0 Å². The largest absolute Gasteiger partial charge is 0.373 e. The fourth-order valence-electron chi connectivity index (χ4n) is 3.00. The molecule has 4 heteroatoms. The van der Waals surface area contributed by atoms with Gasteiger partial charge in [-0.1, -0.05) is 37.3 Å². The molecule has 1 aromatic rings. The standard InChI is InChI=1S/C18H28N2O2/c1-13(17-8-6-5-7-9-17)10-19-18(21)16(4)20-11-14(2)22-15(3)12-20/h5-9,13-16H,10-12H2,1-4H3,(H,19,21). The van der Waals surface area contributed by atoms with Crippen molar-refractivity contribution in [2.24, 2.45) is 0 Å². The quantitative estimate of drug-likeness (QED) is 0.908. The summed E-state index contributed by atoms with van der Waals surface area (Å²) in [5.41, 5.74) is 1.25. The van der Waals surface area contributed by atoms with Crippen LogP contribution in [-0.4, -0.2) is 48.7 Å². The molecule has 4 unspecified atom stereocenters. The van der Waals surface area contributed by atoms with Gasteiger partial charge in [0.2, 0.25) is 5.91 Å². The molecule has 122 valence electrons. The van der Waals surface area contributed by atoms with E-state index in [1.54, 1.807) is 0 Å². The molecule has 0 radical (unpaired) electrons. The molecule has 0 aromatic heterocycles. The van der Waals surface area contributed by atoms with Gasteiger partial charge < -0.3 is 10.1 Å². The van der Waals surface area contributed by atoms with Crippen molar-refractivity contribution in [1.82, 2.24) is 10.2 Å². The highest BCUT2D eigenvalue weighted by molar-refractivity contribution is 5.81. The molecule has 0 bridgehead atoms. The van der Waals surface area contributed by atoms with Crippen LogP contribution in [0.25, 0.3) is 0 Å². The summed E-state index contributed by atoms with van der Waals surface area (Å²) in [6.07, 6.45) is 0.365. The topological polar surface area (TPSA) is 41.6 Å². The van der Waals surface area contributed by atoms with Gasteiger partial charge in [0, 0.05) is 19.6 Å². The van der Waals surface area contributed by atoms with Gasteiger partial charge in [0.25, 0.3) is 0 Å². The lowest BCUT2D eigenvalue weighted by atomic mass is 10.0. The molecule has 1 aliphatic rings. The highest BCUT2D eigenvalue weighted by Crippen LogP contribution is 2.15. The van der Waals surface area contributed by atoms with E-state index in [9.17, 15) is 4.79 Å². The summed E-state index contributed by atoms with van der Waals surface area (Å²) >= 11 is 0. The van der Waals surface area contributed by atoms with Gasteiger partial charge in [0.15, 0.2) is 0 Å². The number of morpholine rings is 1. The van der Waals surface area contributed by atoms with E-state index in [-0.39, 0.29) is 24.2 Å². The Kier molecular flexibility index (Phi) is 5.98. The Morgan fingerprint density at radius 2 is 1.82 bits per heavy atom. The number of hydrogen-bond donors (Lipinski definition) is 1. The van der Waals surface area contributed by atoms with Gasteiger partial charge in [-0.25, -0.2) is 0 Å². The predicted octanol–water partition coefficient (Wildman–Crippen LogP) is 2.40. The summed E-state index contributed by atoms with van der Waals surface area (Å²) in [7, 11) is 0. The second-order valence-electron chi connectivity index (χ2n) is 6.44. The minimum atomic E-state index is -0.114. The van der Waals surface area contributed by atoms with Crippen LogP contribution in [0.4, 0.5) is 0 Å². The maximum atomic E-state index is 12.4. The van der Waals surface area contributed by atoms with Crippen LogP contribution in [-0.2, 0) is 9.53 Å². The Morgan fingerprint density at radius 3 is 2.41 bits per heavy atom. The van der Waals surface area contributed by atoms with Crippen molar-refractivity contribution in [3.8, 4) is 0 Å². The van der Waals surface area contributed by atoms with E-state index in [2.05, 4.69) is 43.1 Å². The first-order chi connectivity index (χ1) is 10.5. The van der Waals surface area contributed by atoms with Crippen LogP contribution in [0, 0.1) is 0 Å². The summed E-state index contributed by atoms with van der Waals surface area (Å²) in [4.78, 5) is 14.6. The number of rotatable bonds is 5. The molecule has 1 aromatic carbocycles. The molecule has 1 saturated heterocycles. The van der Waals surface area contributed by atoms with Gasteiger partial charge in [0.1, 0.15) is 0 Å². The van der Waals surface area contributed by atoms with Crippen LogP contribution >= 0.6 is 0 Å². The van der Waals surface area contributed by atoms with Crippen LogP contribution in [0.15, 0.2) is 30.3 Å². The van der Waals surface area contributed by atoms with Crippen molar-refractivity contribution in [2.45, 2.75) is 51.9 Å². The Bertz CT molecular complexity index is 467. The highest BCUT2D eigenvalue weighted by Gasteiger charge is 2.29. The van der Waals surface area contributed by atoms with E-state index >= 15 is 0 Å². The minimum Gasteiger partial charge on any atom is -0.373 e. The third-order valence-electron chi connectivity index (χ3n) is 4.33. The van der Waals surface area contributed by atoms with E-state index in [4.69, 9.17) is 4.74 Å². The molecule has 1 heterocycles. The smallest absolute Gasteiger partial charge is 0.237 e. The summed E-state index contributed by atoms with van der Waals surface area (Å²) in [5, 5.41) is 3.09. The molecular weight excluding hydrogens is 276 g/mol. The normalized spacial score (nSPS) is 25.5. The first-order valence-corrected chi connectivity index (χ1v) is 8.19.